The predicted octanol–water partition coefficient (Wildman–Crippen LogP) is 3.27. The van der Waals surface area contributed by atoms with Crippen molar-refractivity contribution in [3.05, 3.63) is 101 Å². The van der Waals surface area contributed by atoms with Crippen LogP contribution >= 0.6 is 0 Å². The van der Waals surface area contributed by atoms with Crippen molar-refractivity contribution in [2.45, 2.75) is 13.1 Å². The largest absolute Gasteiger partial charge is 0.326 e. The van der Waals surface area contributed by atoms with Crippen molar-refractivity contribution in [2.24, 2.45) is 5.73 Å². The molecule has 4 N–H and O–H groups in total. The summed E-state index contributed by atoms with van der Waals surface area (Å²) in [4.78, 5) is 12.1. The van der Waals surface area contributed by atoms with Gasteiger partial charge in [0.2, 0.25) is 5.91 Å². The molecule has 140 valence electrons. The molecule has 0 saturated carbocycles. The van der Waals surface area contributed by atoms with Crippen molar-refractivity contribution in [1.82, 2.24) is 5.32 Å². The molecule has 4 heteroatoms. The van der Waals surface area contributed by atoms with Crippen molar-refractivity contribution in [2.75, 3.05) is 11.9 Å². The predicted molar refractivity (Wildman–Crippen MR) is 114 cm³/mol. The van der Waals surface area contributed by atoms with Crippen LogP contribution in [0.4, 0.5) is 5.69 Å². The van der Waals surface area contributed by atoms with Crippen molar-refractivity contribution >= 4 is 11.6 Å². The van der Waals surface area contributed by atoms with E-state index in [2.05, 4.69) is 22.5 Å². The number of carbonyl (C=O) groups excluding carboxylic acids is 1. The highest BCUT2D eigenvalue weighted by Gasteiger charge is 2.02. The molecule has 0 aromatic heterocycles. The van der Waals surface area contributed by atoms with Gasteiger partial charge in [-0.2, -0.15) is 0 Å². The highest BCUT2D eigenvalue weighted by atomic mass is 16.1. The number of nitrogens with two attached hydrogens (primary N) is 1. The van der Waals surface area contributed by atoms with Gasteiger partial charge in [-0.15, -0.1) is 0 Å². The summed E-state index contributed by atoms with van der Waals surface area (Å²) in [5.41, 5.74) is 10.4. The van der Waals surface area contributed by atoms with Crippen LogP contribution in [-0.4, -0.2) is 12.5 Å². The molecule has 0 atom stereocenters. The number of anilines is 1. The number of hydrogen-bond acceptors (Lipinski definition) is 3. The first-order valence-corrected chi connectivity index (χ1v) is 9.18. The van der Waals surface area contributed by atoms with Crippen LogP contribution in [0.15, 0.2) is 78.9 Å². The second-order valence-corrected chi connectivity index (χ2v) is 6.37. The molecule has 0 aliphatic rings. The standard InChI is InChI=1S/C24H23N3O/c25-16-21-8-10-22(11-9-21)17-26-18-24(28)27-23-14-12-20(13-15-23)7-6-19-4-2-1-3-5-19/h1-5,8-15,26H,16-18,25H2,(H,27,28). The lowest BCUT2D eigenvalue weighted by Crippen LogP contribution is -2.27. The maximum atomic E-state index is 12.1. The highest BCUT2D eigenvalue weighted by Crippen LogP contribution is 2.09. The SMILES string of the molecule is NCc1ccc(CNCC(=O)Nc2ccc(C#Cc3ccccc3)cc2)cc1. The van der Waals surface area contributed by atoms with Gasteiger partial charge in [-0.3, -0.25) is 4.79 Å². The van der Waals surface area contributed by atoms with Crippen LogP contribution in [0.1, 0.15) is 22.3 Å². The number of rotatable bonds is 6. The van der Waals surface area contributed by atoms with Crippen LogP contribution in [0.2, 0.25) is 0 Å². The van der Waals surface area contributed by atoms with E-state index < -0.39 is 0 Å². The lowest BCUT2D eigenvalue weighted by Gasteiger charge is -2.07. The average Bonchev–Trinajstić information content (AvgIpc) is 2.74. The Morgan fingerprint density at radius 2 is 1.39 bits per heavy atom. The fourth-order valence-corrected chi connectivity index (χ4v) is 2.62. The summed E-state index contributed by atoms with van der Waals surface area (Å²) in [6.45, 7) is 1.41. The number of benzene rings is 3. The van der Waals surface area contributed by atoms with E-state index >= 15 is 0 Å². The molecule has 0 radical (unpaired) electrons. The average molecular weight is 369 g/mol. The van der Waals surface area contributed by atoms with Crippen LogP contribution in [0.25, 0.3) is 0 Å². The van der Waals surface area contributed by atoms with Gasteiger partial charge in [-0.1, -0.05) is 54.3 Å². The Hall–Kier alpha value is -3.39. The number of nitrogens with one attached hydrogen (secondary N) is 2. The first kappa shape index (κ1) is 19.4. The van der Waals surface area contributed by atoms with Gasteiger partial charge in [0.15, 0.2) is 0 Å². The minimum Gasteiger partial charge on any atom is -0.326 e. The molecule has 4 nitrogen and oxygen atoms in total. The van der Waals surface area contributed by atoms with Crippen LogP contribution < -0.4 is 16.4 Å². The molecule has 0 spiro atoms. The molecule has 0 aliphatic heterocycles. The zero-order valence-electron chi connectivity index (χ0n) is 15.6. The second kappa shape index (κ2) is 10.1. The topological polar surface area (TPSA) is 67.1 Å². The van der Waals surface area contributed by atoms with Gasteiger partial charge >= 0.3 is 0 Å². The monoisotopic (exact) mass is 369 g/mol. The van der Waals surface area contributed by atoms with Gasteiger partial charge in [-0.25, -0.2) is 0 Å². The van der Waals surface area contributed by atoms with Gasteiger partial charge in [0.05, 0.1) is 6.54 Å². The number of amides is 1. The third-order valence-electron chi connectivity index (χ3n) is 4.17. The zero-order chi connectivity index (χ0) is 19.6. The van der Waals surface area contributed by atoms with Gasteiger partial charge < -0.3 is 16.4 Å². The maximum absolute atomic E-state index is 12.1. The molecule has 1 amide bonds. The summed E-state index contributed by atoms with van der Waals surface area (Å²) in [5, 5.41) is 6.02. The van der Waals surface area contributed by atoms with Crippen molar-refractivity contribution in [3.63, 3.8) is 0 Å². The summed E-state index contributed by atoms with van der Waals surface area (Å²) in [7, 11) is 0. The van der Waals surface area contributed by atoms with Crippen molar-refractivity contribution < 1.29 is 4.79 Å². The fraction of sp³-hybridized carbons (Fsp3) is 0.125. The Morgan fingerprint density at radius 3 is 2.04 bits per heavy atom. The molecular weight excluding hydrogens is 346 g/mol. The van der Waals surface area contributed by atoms with E-state index in [1.807, 2.05) is 78.9 Å². The Morgan fingerprint density at radius 1 is 0.786 bits per heavy atom. The van der Waals surface area contributed by atoms with Crippen LogP contribution in [-0.2, 0) is 17.9 Å². The maximum Gasteiger partial charge on any atom is 0.238 e. The Balaban J connectivity index is 1.45. The van der Waals surface area contributed by atoms with E-state index in [0.717, 1.165) is 27.9 Å². The quantitative estimate of drug-likeness (QED) is 0.584. The number of hydrogen-bond donors (Lipinski definition) is 3. The zero-order valence-corrected chi connectivity index (χ0v) is 15.6. The molecule has 0 bridgehead atoms. The van der Waals surface area contributed by atoms with E-state index in [9.17, 15) is 4.79 Å². The Labute approximate surface area is 165 Å². The van der Waals surface area contributed by atoms with Gasteiger partial charge in [-0.05, 0) is 47.5 Å². The highest BCUT2D eigenvalue weighted by molar-refractivity contribution is 5.92. The minimum absolute atomic E-state index is 0.0818. The summed E-state index contributed by atoms with van der Waals surface area (Å²) >= 11 is 0. The summed E-state index contributed by atoms with van der Waals surface area (Å²) < 4.78 is 0. The molecule has 3 rings (SSSR count). The third kappa shape index (κ3) is 6.10. The van der Waals surface area contributed by atoms with Crippen LogP contribution in [0.3, 0.4) is 0 Å². The smallest absolute Gasteiger partial charge is 0.238 e. The summed E-state index contributed by atoms with van der Waals surface area (Å²) in [5.74, 6) is 6.15. The van der Waals surface area contributed by atoms with E-state index in [4.69, 9.17) is 5.73 Å². The molecule has 0 aliphatic carbocycles. The molecule has 0 saturated heterocycles. The molecule has 0 unspecified atom stereocenters. The fourth-order valence-electron chi connectivity index (χ4n) is 2.62. The normalized spacial score (nSPS) is 10.0. The van der Waals surface area contributed by atoms with Crippen LogP contribution in [0, 0.1) is 11.8 Å². The van der Waals surface area contributed by atoms with E-state index in [1.165, 1.54) is 0 Å². The summed E-state index contributed by atoms with van der Waals surface area (Å²) in [6, 6.07) is 25.4. The lowest BCUT2D eigenvalue weighted by molar-refractivity contribution is -0.115. The van der Waals surface area contributed by atoms with Crippen LogP contribution in [0.5, 0.6) is 0 Å². The molecular formula is C24H23N3O. The molecule has 28 heavy (non-hydrogen) atoms. The van der Waals surface area contributed by atoms with Crippen molar-refractivity contribution in [3.8, 4) is 11.8 Å². The van der Waals surface area contributed by atoms with E-state index in [-0.39, 0.29) is 12.5 Å². The number of carbonyl (C=O) groups is 1. The van der Waals surface area contributed by atoms with Crippen molar-refractivity contribution in [1.29, 1.82) is 0 Å². The molecule has 3 aromatic rings. The van der Waals surface area contributed by atoms with Gasteiger partial charge in [0, 0.05) is 29.9 Å². The van der Waals surface area contributed by atoms with Gasteiger partial charge in [0.25, 0.3) is 0 Å². The minimum atomic E-state index is -0.0818. The second-order valence-electron chi connectivity index (χ2n) is 6.37. The van der Waals surface area contributed by atoms with E-state index in [0.29, 0.717) is 13.1 Å². The molecule has 0 heterocycles. The first-order chi connectivity index (χ1) is 13.7. The van der Waals surface area contributed by atoms with Gasteiger partial charge in [0.1, 0.15) is 0 Å². The Bertz CT molecular complexity index is 953. The first-order valence-electron chi connectivity index (χ1n) is 9.18. The summed E-state index contributed by atoms with van der Waals surface area (Å²) in [6.07, 6.45) is 0. The molecule has 0 fully saturated rings. The third-order valence-corrected chi connectivity index (χ3v) is 4.17. The molecule has 3 aromatic carbocycles. The Kier molecular flexibility index (Phi) is 6.97. The lowest BCUT2D eigenvalue weighted by atomic mass is 10.1. The van der Waals surface area contributed by atoms with E-state index in [1.54, 1.807) is 0 Å².